The highest BCUT2D eigenvalue weighted by Crippen LogP contribution is 2.38. The molecule has 1 N–H and O–H groups in total. The number of Topliss-reactive ketones (excluding diaryl/α,β-unsaturated/α-hetero) is 1. The van der Waals surface area contributed by atoms with E-state index in [2.05, 4.69) is 4.98 Å². The van der Waals surface area contributed by atoms with Gasteiger partial charge in [0.25, 0.3) is 0 Å². The molecule has 0 atom stereocenters. The van der Waals surface area contributed by atoms with Crippen molar-refractivity contribution in [1.29, 1.82) is 0 Å². The molecule has 22 heavy (non-hydrogen) atoms. The van der Waals surface area contributed by atoms with Crippen molar-refractivity contribution in [2.75, 3.05) is 6.61 Å². The lowest BCUT2D eigenvalue weighted by Crippen LogP contribution is -2.41. The number of hydrogen-bond acceptors (Lipinski definition) is 5. The first-order valence-corrected chi connectivity index (χ1v) is 7.30. The van der Waals surface area contributed by atoms with E-state index in [4.69, 9.17) is 9.31 Å². The minimum atomic E-state index is -0.607. The van der Waals surface area contributed by atoms with Crippen LogP contribution < -0.4 is 0 Å². The van der Waals surface area contributed by atoms with Crippen LogP contribution in [0.3, 0.4) is 0 Å². The van der Waals surface area contributed by atoms with Crippen LogP contribution in [0.2, 0.25) is 0 Å². The second-order valence-corrected chi connectivity index (χ2v) is 6.49. The quantitative estimate of drug-likeness (QED) is 0.683. The van der Waals surface area contributed by atoms with Crippen LogP contribution >= 0.6 is 0 Å². The summed E-state index contributed by atoms with van der Waals surface area (Å²) in [5.74, 6) is -0.0311. The van der Waals surface area contributed by atoms with Gasteiger partial charge in [0.15, 0.2) is 5.78 Å². The van der Waals surface area contributed by atoms with Gasteiger partial charge in [0.05, 0.1) is 23.5 Å². The van der Waals surface area contributed by atoms with Gasteiger partial charge in [-0.05, 0) is 58.3 Å². The number of carbonyl (C=O) groups excluding carboxylic acids is 1. The monoisotopic (exact) mass is 303 g/mol. The minimum Gasteiger partial charge on any atom is -0.400 e. The van der Waals surface area contributed by atoms with Crippen molar-refractivity contribution in [3.63, 3.8) is 0 Å². The highest BCUT2D eigenvalue weighted by molar-refractivity contribution is 6.55. The van der Waals surface area contributed by atoms with Gasteiger partial charge in [-0.1, -0.05) is 0 Å². The van der Waals surface area contributed by atoms with Gasteiger partial charge in [-0.25, -0.2) is 0 Å². The zero-order valence-corrected chi connectivity index (χ0v) is 13.7. The van der Waals surface area contributed by atoms with E-state index >= 15 is 0 Å². The van der Waals surface area contributed by atoms with Crippen molar-refractivity contribution >= 4 is 19.0 Å². The smallest absolute Gasteiger partial charge is 0.400 e. The fourth-order valence-corrected chi connectivity index (χ4v) is 2.07. The molecular weight excluding hydrogens is 281 g/mol. The molecule has 2 rings (SSSR count). The first-order valence-electron chi connectivity index (χ1n) is 7.30. The van der Waals surface area contributed by atoms with E-state index in [0.29, 0.717) is 16.7 Å². The second kappa shape index (κ2) is 5.95. The van der Waals surface area contributed by atoms with Crippen LogP contribution in [-0.4, -0.2) is 40.8 Å². The highest BCUT2D eigenvalue weighted by Gasteiger charge is 2.52. The van der Waals surface area contributed by atoms with Gasteiger partial charge in [0.2, 0.25) is 0 Å². The van der Waals surface area contributed by atoms with Crippen LogP contribution in [0.5, 0.6) is 0 Å². The maximum atomic E-state index is 11.3. The average Bonchev–Trinajstić information content (AvgIpc) is 2.65. The Kier molecular flexibility index (Phi) is 4.56. The number of nitrogens with zero attached hydrogens (tertiary/aromatic N) is 1. The Morgan fingerprint density at radius 3 is 2.27 bits per heavy atom. The summed E-state index contributed by atoms with van der Waals surface area (Å²) in [7, 11) is -0.607. The lowest BCUT2D eigenvalue weighted by Gasteiger charge is -2.32. The Hall–Kier alpha value is -1.50. The van der Waals surface area contributed by atoms with Gasteiger partial charge in [0, 0.05) is 11.8 Å². The van der Waals surface area contributed by atoms with E-state index in [1.54, 1.807) is 18.2 Å². The van der Waals surface area contributed by atoms with Crippen LogP contribution in [0.4, 0.5) is 0 Å². The number of aliphatic hydroxyl groups is 1. The molecule has 0 bridgehead atoms. The second-order valence-electron chi connectivity index (χ2n) is 6.49. The molecule has 6 heteroatoms. The lowest BCUT2D eigenvalue weighted by molar-refractivity contribution is 0.00578. The predicted octanol–water partition coefficient (Wildman–Crippen LogP) is 2.29. The molecule has 5 nitrogen and oxygen atoms in total. The molecule has 0 radical (unpaired) electrons. The molecule has 0 aliphatic carbocycles. The molecule has 118 valence electrons. The Bertz CT molecular complexity index is 577. The summed E-state index contributed by atoms with van der Waals surface area (Å²) < 4.78 is 11.8. The van der Waals surface area contributed by atoms with Crippen molar-refractivity contribution in [2.24, 2.45) is 0 Å². The molecule has 1 aromatic heterocycles. The fraction of sp³-hybridized carbons (Fsp3) is 0.500. The summed E-state index contributed by atoms with van der Waals surface area (Å²) >= 11 is 0. The topological polar surface area (TPSA) is 68.7 Å². The Balaban J connectivity index is 2.23. The van der Waals surface area contributed by atoms with Crippen molar-refractivity contribution in [2.45, 2.75) is 45.8 Å². The molecule has 0 unspecified atom stereocenters. The molecule has 1 fully saturated rings. The largest absolute Gasteiger partial charge is 0.492 e. The summed E-state index contributed by atoms with van der Waals surface area (Å²) in [6.45, 7) is 9.15. The summed E-state index contributed by atoms with van der Waals surface area (Å²) in [5.41, 5.74) is 0.874. The van der Waals surface area contributed by atoms with Crippen molar-refractivity contribution in [1.82, 2.24) is 4.98 Å². The van der Waals surface area contributed by atoms with Crippen LogP contribution in [0.25, 0.3) is 6.08 Å². The molecule has 1 saturated heterocycles. The zero-order valence-electron chi connectivity index (χ0n) is 13.7. The van der Waals surface area contributed by atoms with Crippen LogP contribution in [0, 0.1) is 0 Å². The molecule has 0 spiro atoms. The van der Waals surface area contributed by atoms with Gasteiger partial charge >= 0.3 is 7.12 Å². The summed E-state index contributed by atoms with van der Waals surface area (Å²) in [6.07, 6.45) is 3.25. The van der Waals surface area contributed by atoms with Crippen LogP contribution in [0.1, 0.15) is 50.7 Å². The number of carbonyl (C=O) groups is 1. The van der Waals surface area contributed by atoms with Gasteiger partial charge in [0.1, 0.15) is 0 Å². The van der Waals surface area contributed by atoms with Crippen molar-refractivity contribution in [3.8, 4) is 0 Å². The van der Waals surface area contributed by atoms with Crippen LogP contribution in [0.15, 0.2) is 23.8 Å². The van der Waals surface area contributed by atoms with Gasteiger partial charge in [-0.2, -0.15) is 0 Å². The number of rotatable bonds is 4. The number of aromatic nitrogens is 1. The average molecular weight is 303 g/mol. The summed E-state index contributed by atoms with van der Waals surface area (Å²) in [4.78, 5) is 15.5. The number of ketones is 1. The summed E-state index contributed by atoms with van der Waals surface area (Å²) in [5, 5.41) is 9.62. The van der Waals surface area contributed by atoms with E-state index in [1.807, 2.05) is 27.7 Å². The SMILES string of the molecule is CC(=O)c1ccc(C=C(CO)B2OC(C)(C)C(C)(C)O2)nc1. The molecule has 2 heterocycles. The highest BCUT2D eigenvalue weighted by atomic mass is 16.7. The number of pyridine rings is 1. The van der Waals surface area contributed by atoms with Crippen molar-refractivity contribution < 1.29 is 19.2 Å². The molecule has 0 saturated carbocycles. The molecule has 0 amide bonds. The number of aliphatic hydroxyl groups excluding tert-OH is 1. The van der Waals surface area contributed by atoms with E-state index in [9.17, 15) is 9.90 Å². The van der Waals surface area contributed by atoms with E-state index in [1.165, 1.54) is 13.1 Å². The number of hydrogen-bond donors (Lipinski definition) is 1. The van der Waals surface area contributed by atoms with E-state index < -0.39 is 18.3 Å². The molecule has 1 aromatic rings. The predicted molar refractivity (Wildman–Crippen MR) is 85.4 cm³/mol. The third-order valence-corrected chi connectivity index (χ3v) is 4.26. The Morgan fingerprint density at radius 2 is 1.86 bits per heavy atom. The van der Waals surface area contributed by atoms with Gasteiger partial charge < -0.3 is 14.4 Å². The normalized spacial score (nSPS) is 20.3. The van der Waals surface area contributed by atoms with E-state index in [0.717, 1.165) is 0 Å². The third kappa shape index (κ3) is 3.29. The minimum absolute atomic E-state index is 0.0311. The first kappa shape index (κ1) is 16.9. The van der Waals surface area contributed by atoms with E-state index in [-0.39, 0.29) is 12.4 Å². The van der Waals surface area contributed by atoms with Gasteiger partial charge in [-0.15, -0.1) is 0 Å². The maximum absolute atomic E-state index is 11.3. The molecule has 1 aliphatic heterocycles. The fourth-order valence-electron chi connectivity index (χ4n) is 2.07. The Morgan fingerprint density at radius 1 is 1.27 bits per heavy atom. The standard InChI is InChI=1S/C16H22BNO4/c1-11(20)12-6-7-14(18-9-12)8-13(10-19)17-21-15(2,3)16(4,5)22-17/h6-9,19H,10H2,1-5H3. The third-order valence-electron chi connectivity index (χ3n) is 4.26. The molecule has 1 aliphatic rings. The lowest BCUT2D eigenvalue weighted by atomic mass is 9.78. The van der Waals surface area contributed by atoms with Crippen LogP contribution in [-0.2, 0) is 9.31 Å². The first-order chi connectivity index (χ1) is 10.2. The molecule has 0 aromatic carbocycles. The zero-order chi connectivity index (χ0) is 16.5. The summed E-state index contributed by atoms with van der Waals surface area (Å²) in [6, 6.07) is 3.44. The Labute approximate surface area is 131 Å². The molecular formula is C16H22BNO4. The van der Waals surface area contributed by atoms with Crippen molar-refractivity contribution in [3.05, 3.63) is 35.1 Å². The maximum Gasteiger partial charge on any atom is 0.492 e. The van der Waals surface area contributed by atoms with Gasteiger partial charge in [-0.3, -0.25) is 9.78 Å².